The minimum atomic E-state index is -0.395. The molecule has 0 spiro atoms. The lowest BCUT2D eigenvalue weighted by molar-refractivity contribution is -0.118. The first kappa shape index (κ1) is 24.4. The zero-order valence-corrected chi connectivity index (χ0v) is 21.2. The van der Waals surface area contributed by atoms with Crippen molar-refractivity contribution in [2.45, 2.75) is 128 Å². The van der Waals surface area contributed by atoms with E-state index in [0.29, 0.717) is 18.9 Å². The lowest BCUT2D eigenvalue weighted by Gasteiger charge is -2.46. The number of fused-ring (bicyclic) bond motifs is 1. The second kappa shape index (κ2) is 11.2. The fourth-order valence-corrected chi connectivity index (χ4v) is 7.71. The predicted molar refractivity (Wildman–Crippen MR) is 139 cm³/mol. The van der Waals surface area contributed by atoms with E-state index in [4.69, 9.17) is 4.99 Å². The number of aliphatic hydroxyl groups excluding tert-OH is 1. The Labute approximate surface area is 207 Å². The molecule has 1 amide bonds. The number of carbonyl (C=O) groups is 1. The fourth-order valence-electron chi connectivity index (χ4n) is 7.71. The van der Waals surface area contributed by atoms with E-state index in [1.54, 1.807) is 0 Å². The summed E-state index contributed by atoms with van der Waals surface area (Å²) in [6.45, 7) is 1.02. The van der Waals surface area contributed by atoms with Crippen molar-refractivity contribution in [1.82, 2.24) is 4.90 Å². The van der Waals surface area contributed by atoms with Gasteiger partial charge in [0.2, 0.25) is 5.91 Å². The molecule has 0 radical (unpaired) electrons. The molecular formula is C30H46N2O2. The summed E-state index contributed by atoms with van der Waals surface area (Å²) in [5.74, 6) is 1.55. The summed E-state index contributed by atoms with van der Waals surface area (Å²) in [7, 11) is 0. The zero-order chi connectivity index (χ0) is 23.4. The number of rotatable bonds is 9. The van der Waals surface area contributed by atoms with Crippen molar-refractivity contribution in [3.63, 3.8) is 0 Å². The SMILES string of the molecule is O=C(CCCC(O)N1CCCC2CCCCC21)N=C(CC1=CCCC=C1)C1(C2CCCC2)CC1. The normalized spacial score (nSPS) is 30.6. The third-order valence-corrected chi connectivity index (χ3v) is 9.73. The van der Waals surface area contributed by atoms with Gasteiger partial charge in [-0.05, 0) is 94.5 Å². The summed E-state index contributed by atoms with van der Waals surface area (Å²) in [5, 5.41) is 11.0. The molecule has 5 rings (SSSR count). The van der Waals surface area contributed by atoms with Crippen molar-refractivity contribution in [2.75, 3.05) is 6.54 Å². The van der Waals surface area contributed by atoms with Gasteiger partial charge in [-0.2, -0.15) is 0 Å². The first-order valence-corrected chi connectivity index (χ1v) is 14.6. The van der Waals surface area contributed by atoms with Crippen LogP contribution in [-0.4, -0.2) is 40.4 Å². The van der Waals surface area contributed by atoms with Gasteiger partial charge in [0, 0.05) is 36.6 Å². The van der Waals surface area contributed by atoms with Gasteiger partial charge in [0.25, 0.3) is 0 Å². The third kappa shape index (κ3) is 5.59. The van der Waals surface area contributed by atoms with Crippen molar-refractivity contribution in [3.05, 3.63) is 23.8 Å². The number of allylic oxidation sites excluding steroid dienone is 4. The maximum absolute atomic E-state index is 13.1. The quantitative estimate of drug-likeness (QED) is 0.383. The van der Waals surface area contributed by atoms with E-state index in [-0.39, 0.29) is 11.3 Å². The Balaban J connectivity index is 1.18. The second-order valence-corrected chi connectivity index (χ2v) is 11.9. The van der Waals surface area contributed by atoms with Crippen LogP contribution in [0.5, 0.6) is 0 Å². The number of aliphatic hydroxyl groups is 1. The molecule has 0 aromatic carbocycles. The number of hydrogen-bond donors (Lipinski definition) is 1. The Morgan fingerprint density at radius 1 is 1.06 bits per heavy atom. The highest BCUT2D eigenvalue weighted by molar-refractivity contribution is 6.02. The highest BCUT2D eigenvalue weighted by atomic mass is 16.3. The van der Waals surface area contributed by atoms with Gasteiger partial charge in [-0.3, -0.25) is 9.69 Å². The van der Waals surface area contributed by atoms with E-state index in [1.807, 2.05) is 0 Å². The molecule has 3 atom stereocenters. The molecule has 4 fully saturated rings. The number of likely N-dealkylation sites (tertiary alicyclic amines) is 1. The van der Waals surface area contributed by atoms with Crippen LogP contribution in [0.15, 0.2) is 28.8 Å². The average Bonchev–Trinajstić information content (AvgIpc) is 3.49. The van der Waals surface area contributed by atoms with Crippen molar-refractivity contribution < 1.29 is 9.90 Å². The van der Waals surface area contributed by atoms with Crippen LogP contribution in [0.3, 0.4) is 0 Å². The number of amides is 1. The first-order chi connectivity index (χ1) is 16.7. The smallest absolute Gasteiger partial charge is 0.245 e. The van der Waals surface area contributed by atoms with Crippen LogP contribution in [-0.2, 0) is 4.79 Å². The minimum Gasteiger partial charge on any atom is -0.378 e. The molecular weight excluding hydrogens is 420 g/mol. The Morgan fingerprint density at radius 3 is 2.59 bits per heavy atom. The van der Waals surface area contributed by atoms with Gasteiger partial charge in [0.1, 0.15) is 6.23 Å². The van der Waals surface area contributed by atoms with Crippen molar-refractivity contribution >= 4 is 11.6 Å². The molecule has 0 aromatic rings. The van der Waals surface area contributed by atoms with Gasteiger partial charge in [-0.25, -0.2) is 4.99 Å². The molecule has 1 heterocycles. The molecule has 1 aliphatic heterocycles. The molecule has 5 aliphatic rings. The molecule has 4 nitrogen and oxygen atoms in total. The number of piperidine rings is 1. The minimum absolute atomic E-state index is 0.0426. The van der Waals surface area contributed by atoms with Gasteiger partial charge in [0.05, 0.1) is 0 Å². The summed E-state index contributed by atoms with van der Waals surface area (Å²) in [5.41, 5.74) is 2.75. The summed E-state index contributed by atoms with van der Waals surface area (Å²) in [6.07, 6.45) is 27.0. The van der Waals surface area contributed by atoms with E-state index < -0.39 is 6.23 Å². The van der Waals surface area contributed by atoms with E-state index in [2.05, 4.69) is 23.1 Å². The molecule has 188 valence electrons. The summed E-state index contributed by atoms with van der Waals surface area (Å²) in [6, 6.07) is 0.566. The van der Waals surface area contributed by atoms with Gasteiger partial charge in [-0.15, -0.1) is 0 Å². The maximum atomic E-state index is 13.1. The van der Waals surface area contributed by atoms with E-state index in [0.717, 1.165) is 44.1 Å². The van der Waals surface area contributed by atoms with Crippen LogP contribution in [0.2, 0.25) is 0 Å². The Morgan fingerprint density at radius 2 is 1.82 bits per heavy atom. The van der Waals surface area contributed by atoms with Crippen molar-refractivity contribution in [2.24, 2.45) is 22.2 Å². The van der Waals surface area contributed by atoms with Crippen LogP contribution in [0.25, 0.3) is 0 Å². The van der Waals surface area contributed by atoms with Gasteiger partial charge < -0.3 is 5.11 Å². The maximum Gasteiger partial charge on any atom is 0.245 e. The highest BCUT2D eigenvalue weighted by Crippen LogP contribution is 2.59. The summed E-state index contributed by atoms with van der Waals surface area (Å²) >= 11 is 0. The van der Waals surface area contributed by atoms with Crippen LogP contribution in [0.1, 0.15) is 116 Å². The summed E-state index contributed by atoms with van der Waals surface area (Å²) < 4.78 is 0. The van der Waals surface area contributed by atoms with Gasteiger partial charge >= 0.3 is 0 Å². The molecule has 0 aromatic heterocycles. The lowest BCUT2D eigenvalue weighted by atomic mass is 9.78. The van der Waals surface area contributed by atoms with Gasteiger partial charge in [0.15, 0.2) is 0 Å². The first-order valence-electron chi connectivity index (χ1n) is 14.6. The molecule has 3 unspecified atom stereocenters. The standard InChI is InChI=1S/C30H46N2O2/c33-28(17-8-18-29(34)32-21-9-13-24-12-4-7-16-26(24)32)31-27(22-23-10-2-1-3-11-23)30(19-20-30)25-14-5-6-15-25/h2,10-11,24-26,29,34H,1,3-9,12-22H2. The van der Waals surface area contributed by atoms with Crippen LogP contribution in [0.4, 0.5) is 0 Å². The average molecular weight is 467 g/mol. The van der Waals surface area contributed by atoms with E-state index in [1.165, 1.54) is 88.3 Å². The molecule has 1 saturated heterocycles. The Kier molecular flexibility index (Phi) is 8.05. The molecule has 34 heavy (non-hydrogen) atoms. The predicted octanol–water partition coefficient (Wildman–Crippen LogP) is 6.73. The molecule has 4 heteroatoms. The molecule has 0 bridgehead atoms. The van der Waals surface area contributed by atoms with E-state index in [9.17, 15) is 9.90 Å². The number of carbonyl (C=O) groups excluding carboxylic acids is 1. The van der Waals surface area contributed by atoms with Gasteiger partial charge in [-0.1, -0.05) is 43.9 Å². The van der Waals surface area contributed by atoms with Crippen molar-refractivity contribution in [3.8, 4) is 0 Å². The topological polar surface area (TPSA) is 52.9 Å². The largest absolute Gasteiger partial charge is 0.378 e. The second-order valence-electron chi connectivity index (χ2n) is 11.9. The third-order valence-electron chi connectivity index (χ3n) is 9.73. The highest BCUT2D eigenvalue weighted by Gasteiger charge is 2.53. The fraction of sp³-hybridized carbons (Fsp3) is 0.800. The van der Waals surface area contributed by atoms with Crippen LogP contribution < -0.4 is 0 Å². The monoisotopic (exact) mass is 466 g/mol. The Bertz CT molecular complexity index is 801. The number of hydrogen-bond acceptors (Lipinski definition) is 3. The van der Waals surface area contributed by atoms with E-state index >= 15 is 0 Å². The lowest BCUT2D eigenvalue weighted by Crippen LogP contribution is -2.51. The Hall–Kier alpha value is -1.26. The number of nitrogens with zero attached hydrogens (tertiary/aromatic N) is 2. The van der Waals surface area contributed by atoms with Crippen molar-refractivity contribution in [1.29, 1.82) is 0 Å². The van der Waals surface area contributed by atoms with Crippen LogP contribution in [0, 0.1) is 17.3 Å². The number of aliphatic imine (C=N–C) groups is 1. The molecule has 3 saturated carbocycles. The summed E-state index contributed by atoms with van der Waals surface area (Å²) in [4.78, 5) is 20.3. The molecule has 4 aliphatic carbocycles. The van der Waals surface area contributed by atoms with Crippen LogP contribution >= 0.6 is 0 Å². The molecule has 1 N–H and O–H groups in total. The zero-order valence-electron chi connectivity index (χ0n) is 21.2.